The summed E-state index contributed by atoms with van der Waals surface area (Å²) in [7, 11) is 0. The molecular weight excluding hydrogens is 300 g/mol. The predicted octanol–water partition coefficient (Wildman–Crippen LogP) is 2.73. The third-order valence-electron chi connectivity index (χ3n) is 3.12. The van der Waals surface area contributed by atoms with Crippen LogP contribution in [0.4, 0.5) is 0 Å². The molecule has 23 heavy (non-hydrogen) atoms. The number of carbonyl (C=O) groups is 2. The second kappa shape index (κ2) is 15.7. The van der Waals surface area contributed by atoms with Gasteiger partial charge in [0.05, 0.1) is 25.6 Å². The number of unbranched alkanes of at least 4 members (excludes halogenated alkanes) is 2. The fourth-order valence-electron chi connectivity index (χ4n) is 1.65. The van der Waals surface area contributed by atoms with Crippen LogP contribution in [-0.2, 0) is 28.5 Å². The molecular formula is C17H32O6. The Hall–Kier alpha value is -1.14. The molecule has 0 aromatic carbocycles. The smallest absolute Gasteiger partial charge is 0.309 e. The number of ether oxygens (including phenoxy) is 4. The van der Waals surface area contributed by atoms with Crippen LogP contribution in [0.2, 0.25) is 0 Å². The summed E-state index contributed by atoms with van der Waals surface area (Å²) in [6.45, 7) is 8.38. The molecule has 0 heterocycles. The summed E-state index contributed by atoms with van der Waals surface area (Å²) < 4.78 is 20.7. The Morgan fingerprint density at radius 3 is 1.83 bits per heavy atom. The van der Waals surface area contributed by atoms with Gasteiger partial charge in [-0.1, -0.05) is 33.6 Å². The van der Waals surface area contributed by atoms with E-state index in [1.807, 2.05) is 0 Å². The van der Waals surface area contributed by atoms with E-state index in [1.165, 1.54) is 0 Å². The van der Waals surface area contributed by atoms with Gasteiger partial charge in [0.15, 0.2) is 0 Å². The van der Waals surface area contributed by atoms with Crippen molar-refractivity contribution < 1.29 is 28.5 Å². The molecule has 0 saturated carbocycles. The lowest BCUT2D eigenvalue weighted by Gasteiger charge is -2.11. The Bertz CT molecular complexity index is 305. The monoisotopic (exact) mass is 332 g/mol. The van der Waals surface area contributed by atoms with Gasteiger partial charge in [0.25, 0.3) is 0 Å². The molecule has 0 amide bonds. The molecule has 0 rings (SSSR count). The molecule has 0 bridgehead atoms. The van der Waals surface area contributed by atoms with Crippen molar-refractivity contribution in [1.82, 2.24) is 0 Å². The molecule has 0 aliphatic rings. The van der Waals surface area contributed by atoms with Crippen LogP contribution < -0.4 is 0 Å². The van der Waals surface area contributed by atoms with Crippen LogP contribution >= 0.6 is 0 Å². The van der Waals surface area contributed by atoms with Crippen LogP contribution in [0.1, 0.15) is 52.9 Å². The highest BCUT2D eigenvalue weighted by Crippen LogP contribution is 2.06. The first kappa shape index (κ1) is 21.9. The molecule has 0 spiro atoms. The van der Waals surface area contributed by atoms with Crippen molar-refractivity contribution in [1.29, 1.82) is 0 Å². The summed E-state index contributed by atoms with van der Waals surface area (Å²) in [5, 5.41) is 0. The van der Waals surface area contributed by atoms with Crippen molar-refractivity contribution >= 4 is 11.9 Å². The average molecular weight is 332 g/mol. The molecule has 0 aromatic heterocycles. The van der Waals surface area contributed by atoms with E-state index in [-0.39, 0.29) is 19.6 Å². The molecule has 6 heteroatoms. The molecule has 0 aliphatic carbocycles. The Labute approximate surface area is 139 Å². The van der Waals surface area contributed by atoms with Crippen molar-refractivity contribution in [2.45, 2.75) is 52.9 Å². The van der Waals surface area contributed by atoms with Gasteiger partial charge in [-0.15, -0.1) is 0 Å². The van der Waals surface area contributed by atoms with E-state index in [2.05, 4.69) is 13.8 Å². The summed E-state index contributed by atoms with van der Waals surface area (Å²) in [4.78, 5) is 23.3. The lowest BCUT2D eigenvalue weighted by atomic mass is 10.1. The molecule has 0 fully saturated rings. The highest BCUT2D eigenvalue weighted by molar-refractivity contribution is 5.79. The fraction of sp³-hybridized carbons (Fsp3) is 0.882. The maximum absolute atomic E-state index is 11.7. The Balaban J connectivity index is 3.59. The van der Waals surface area contributed by atoms with Gasteiger partial charge in [-0.2, -0.15) is 0 Å². The van der Waals surface area contributed by atoms with E-state index in [0.29, 0.717) is 26.4 Å². The second-order valence-corrected chi connectivity index (χ2v) is 5.42. The van der Waals surface area contributed by atoms with Crippen molar-refractivity contribution in [3.63, 3.8) is 0 Å². The Morgan fingerprint density at radius 2 is 1.30 bits per heavy atom. The van der Waals surface area contributed by atoms with E-state index < -0.39 is 17.9 Å². The molecule has 1 unspecified atom stereocenters. The van der Waals surface area contributed by atoms with Crippen LogP contribution in [0, 0.1) is 5.92 Å². The van der Waals surface area contributed by atoms with Crippen LogP contribution in [0.15, 0.2) is 0 Å². The molecule has 0 aromatic rings. The first-order chi connectivity index (χ1) is 11.1. The van der Waals surface area contributed by atoms with Crippen molar-refractivity contribution in [3.8, 4) is 0 Å². The Kier molecular flexibility index (Phi) is 15.0. The van der Waals surface area contributed by atoms with Crippen LogP contribution in [0.25, 0.3) is 0 Å². The van der Waals surface area contributed by atoms with Gasteiger partial charge < -0.3 is 18.9 Å². The summed E-state index contributed by atoms with van der Waals surface area (Å²) in [5.41, 5.74) is 0. The maximum Gasteiger partial charge on any atom is 0.309 e. The lowest BCUT2D eigenvalue weighted by molar-refractivity contribution is -0.156. The zero-order chi connectivity index (χ0) is 17.3. The summed E-state index contributed by atoms with van der Waals surface area (Å²) in [6.07, 6.45) is 4.16. The van der Waals surface area contributed by atoms with Crippen LogP contribution in [-0.4, -0.2) is 51.6 Å². The average Bonchev–Trinajstić information content (AvgIpc) is 2.53. The van der Waals surface area contributed by atoms with E-state index in [4.69, 9.17) is 18.9 Å². The third kappa shape index (κ3) is 14.2. The van der Waals surface area contributed by atoms with E-state index in [1.54, 1.807) is 6.92 Å². The zero-order valence-electron chi connectivity index (χ0n) is 14.8. The maximum atomic E-state index is 11.7. The molecule has 0 aliphatic heterocycles. The van der Waals surface area contributed by atoms with Crippen LogP contribution in [0.3, 0.4) is 0 Å². The lowest BCUT2D eigenvalue weighted by Crippen LogP contribution is -2.22. The molecule has 0 N–H and O–H groups in total. The van der Waals surface area contributed by atoms with E-state index in [9.17, 15) is 9.59 Å². The minimum Gasteiger partial charge on any atom is -0.463 e. The standard InChI is InChI=1S/C17H32O6/c1-4-6-8-20-10-12-22-16(18)14-15(3)17(19)23-13-11-21-9-7-5-2/h15H,4-14H2,1-3H3. The molecule has 136 valence electrons. The van der Waals surface area contributed by atoms with E-state index >= 15 is 0 Å². The number of carbonyl (C=O) groups excluding carboxylic acids is 2. The zero-order valence-corrected chi connectivity index (χ0v) is 14.8. The minimum atomic E-state index is -0.515. The third-order valence-corrected chi connectivity index (χ3v) is 3.12. The molecule has 0 radical (unpaired) electrons. The first-order valence-corrected chi connectivity index (χ1v) is 8.59. The number of esters is 2. The normalized spacial score (nSPS) is 12.0. The van der Waals surface area contributed by atoms with Gasteiger partial charge in [-0.05, 0) is 12.8 Å². The van der Waals surface area contributed by atoms with Crippen LogP contribution in [0.5, 0.6) is 0 Å². The highest BCUT2D eigenvalue weighted by Gasteiger charge is 2.19. The topological polar surface area (TPSA) is 71.1 Å². The van der Waals surface area contributed by atoms with Crippen molar-refractivity contribution in [3.05, 3.63) is 0 Å². The fourth-order valence-corrected chi connectivity index (χ4v) is 1.65. The van der Waals surface area contributed by atoms with Crippen molar-refractivity contribution in [2.75, 3.05) is 39.6 Å². The minimum absolute atomic E-state index is 0.0183. The molecule has 1 atom stereocenters. The number of hydrogen-bond donors (Lipinski definition) is 0. The number of rotatable bonds is 15. The van der Waals surface area contributed by atoms with Gasteiger partial charge in [0.1, 0.15) is 13.2 Å². The second-order valence-electron chi connectivity index (χ2n) is 5.42. The number of hydrogen-bond acceptors (Lipinski definition) is 6. The van der Waals surface area contributed by atoms with E-state index in [0.717, 1.165) is 25.7 Å². The van der Waals surface area contributed by atoms with Gasteiger partial charge in [-0.3, -0.25) is 9.59 Å². The SMILES string of the molecule is CCCCOCCOC(=O)CC(C)C(=O)OCCOCCCC. The van der Waals surface area contributed by atoms with Gasteiger partial charge >= 0.3 is 11.9 Å². The quantitative estimate of drug-likeness (QED) is 0.339. The summed E-state index contributed by atoms with van der Waals surface area (Å²) >= 11 is 0. The van der Waals surface area contributed by atoms with Crippen molar-refractivity contribution in [2.24, 2.45) is 5.92 Å². The van der Waals surface area contributed by atoms with Gasteiger partial charge in [0, 0.05) is 13.2 Å². The summed E-state index contributed by atoms with van der Waals surface area (Å²) in [6, 6.07) is 0. The highest BCUT2D eigenvalue weighted by atomic mass is 16.6. The predicted molar refractivity (Wildman–Crippen MR) is 87.2 cm³/mol. The largest absolute Gasteiger partial charge is 0.463 e. The van der Waals surface area contributed by atoms with Gasteiger partial charge in [-0.25, -0.2) is 0 Å². The molecule has 0 saturated heterocycles. The Morgan fingerprint density at radius 1 is 0.783 bits per heavy atom. The first-order valence-electron chi connectivity index (χ1n) is 8.59. The molecule has 6 nitrogen and oxygen atoms in total. The summed E-state index contributed by atoms with van der Waals surface area (Å²) in [5.74, 6) is -1.33. The van der Waals surface area contributed by atoms with Gasteiger partial charge in [0.2, 0.25) is 0 Å².